The van der Waals surface area contributed by atoms with Crippen molar-refractivity contribution in [1.82, 2.24) is 5.32 Å². The van der Waals surface area contributed by atoms with E-state index in [1.165, 1.54) is 13.8 Å². The van der Waals surface area contributed by atoms with E-state index in [4.69, 9.17) is 5.11 Å². The summed E-state index contributed by atoms with van der Waals surface area (Å²) in [5, 5.41) is 11.5. The monoisotopic (exact) mass is 252 g/mol. The van der Waals surface area contributed by atoms with E-state index < -0.39 is 5.60 Å². The fraction of sp³-hybridized carbons (Fsp3) is 0.875. The van der Waals surface area contributed by atoms with Crippen LogP contribution in [0.1, 0.15) is 36.0 Å². The molecule has 0 aromatic rings. The van der Waals surface area contributed by atoms with Crippen LogP contribution in [-0.2, 0) is 37.5 Å². The third kappa shape index (κ3) is 10.5. The van der Waals surface area contributed by atoms with Gasteiger partial charge >= 0.3 is 0 Å². The van der Waals surface area contributed by atoms with Crippen LogP contribution in [0.3, 0.4) is 0 Å². The van der Waals surface area contributed by atoms with Crippen LogP contribution >= 0.6 is 0 Å². The van der Waals surface area contributed by atoms with Crippen LogP contribution in [-0.4, -0.2) is 23.2 Å². The van der Waals surface area contributed by atoms with Gasteiger partial charge in [0.05, 0.1) is 0 Å². The Morgan fingerprint density at radius 2 is 1.83 bits per heavy atom. The minimum absolute atomic E-state index is 0. The van der Waals surface area contributed by atoms with E-state index in [1.54, 1.807) is 0 Å². The van der Waals surface area contributed by atoms with Crippen LogP contribution in [0.2, 0.25) is 0 Å². The molecule has 0 aliphatic heterocycles. The molecule has 12 heavy (non-hydrogen) atoms. The normalized spacial score (nSPS) is 8.83. The number of likely N-dealkylation sites (N-methyl/N-ethyl adjacent to an activating group) is 1. The number of amides is 1. The van der Waals surface area contributed by atoms with Crippen molar-refractivity contribution in [2.45, 2.75) is 40.2 Å². The molecule has 0 bridgehead atoms. The SMILES string of the molecule is CC.CCNC(=O)C(C)(C)O.[HH].[Y]. The first kappa shape index (κ1) is 18.3. The maximum absolute atomic E-state index is 10.7. The molecule has 0 saturated carbocycles. The number of carbonyl (C=O) groups excluding carboxylic acids is 1. The molecule has 0 heterocycles. The summed E-state index contributed by atoms with van der Waals surface area (Å²) in [5.41, 5.74) is -1.24. The largest absolute Gasteiger partial charge is 0.381 e. The second-order valence-corrected chi connectivity index (χ2v) is 2.42. The Balaban J connectivity index is -0.0000000941. The molecule has 0 fully saturated rings. The van der Waals surface area contributed by atoms with E-state index in [1.807, 2.05) is 20.8 Å². The third-order valence-electron chi connectivity index (χ3n) is 0.893. The van der Waals surface area contributed by atoms with E-state index >= 15 is 0 Å². The van der Waals surface area contributed by atoms with Gasteiger partial charge < -0.3 is 10.4 Å². The van der Waals surface area contributed by atoms with Gasteiger partial charge in [-0.1, -0.05) is 13.8 Å². The molecule has 4 heteroatoms. The molecule has 0 aliphatic carbocycles. The smallest absolute Gasteiger partial charge is 0.251 e. The minimum Gasteiger partial charge on any atom is -0.381 e. The van der Waals surface area contributed by atoms with Gasteiger partial charge in [-0.05, 0) is 20.8 Å². The molecule has 3 nitrogen and oxygen atoms in total. The molecular weight excluding hydrogens is 231 g/mol. The predicted molar refractivity (Wildman–Crippen MR) is 48.4 cm³/mol. The van der Waals surface area contributed by atoms with Crippen LogP contribution in [0.4, 0.5) is 0 Å². The zero-order valence-corrected chi connectivity index (χ0v) is 11.5. The number of carbonyl (C=O) groups is 1. The maximum Gasteiger partial charge on any atom is 0.251 e. The molecule has 0 aliphatic rings. The summed E-state index contributed by atoms with van der Waals surface area (Å²) in [7, 11) is 0. The number of aliphatic hydroxyl groups is 1. The number of hydrogen-bond donors (Lipinski definition) is 2. The molecule has 0 atom stereocenters. The molecule has 0 unspecified atom stereocenters. The third-order valence-corrected chi connectivity index (χ3v) is 0.893. The Labute approximate surface area is 102 Å². The average molecular weight is 252 g/mol. The average Bonchev–Trinajstić information content (AvgIpc) is 1.91. The quantitative estimate of drug-likeness (QED) is 0.774. The first-order chi connectivity index (χ1) is 4.98. The van der Waals surface area contributed by atoms with Crippen molar-refractivity contribution >= 4 is 5.91 Å². The van der Waals surface area contributed by atoms with Crippen molar-refractivity contribution in [3.05, 3.63) is 0 Å². The fourth-order valence-electron chi connectivity index (χ4n) is 0.377. The summed E-state index contributed by atoms with van der Waals surface area (Å²) in [5.74, 6) is -0.329. The van der Waals surface area contributed by atoms with Gasteiger partial charge in [0.2, 0.25) is 0 Å². The van der Waals surface area contributed by atoms with Crippen molar-refractivity contribution in [3.63, 3.8) is 0 Å². The predicted octanol–water partition coefficient (Wildman–Crippen LogP) is 1.16. The molecule has 0 spiro atoms. The van der Waals surface area contributed by atoms with Crippen molar-refractivity contribution < 1.29 is 44.0 Å². The summed E-state index contributed by atoms with van der Waals surface area (Å²) in [4.78, 5) is 10.7. The molecule has 2 N–H and O–H groups in total. The Hall–Kier alpha value is 0.534. The summed E-state index contributed by atoms with van der Waals surface area (Å²) in [6.45, 7) is 9.28. The number of hydrogen-bond acceptors (Lipinski definition) is 2. The first-order valence-electron chi connectivity index (χ1n) is 3.99. The molecule has 1 amide bonds. The molecular formula is C8H21NO2Y. The van der Waals surface area contributed by atoms with Gasteiger partial charge in [-0.25, -0.2) is 0 Å². The molecule has 73 valence electrons. The number of rotatable bonds is 2. The van der Waals surface area contributed by atoms with Crippen LogP contribution in [0.5, 0.6) is 0 Å². The van der Waals surface area contributed by atoms with Crippen molar-refractivity contribution in [2.24, 2.45) is 0 Å². The van der Waals surface area contributed by atoms with Gasteiger partial charge in [-0.2, -0.15) is 0 Å². The summed E-state index contributed by atoms with van der Waals surface area (Å²) in [6, 6.07) is 0. The fourth-order valence-corrected chi connectivity index (χ4v) is 0.377. The Bertz CT molecular complexity index is 115. The topological polar surface area (TPSA) is 49.3 Å². The number of nitrogens with one attached hydrogen (secondary N) is 1. The van der Waals surface area contributed by atoms with Gasteiger partial charge in [0.1, 0.15) is 5.60 Å². The zero-order valence-electron chi connectivity index (χ0n) is 8.64. The van der Waals surface area contributed by atoms with Crippen molar-refractivity contribution in [2.75, 3.05) is 6.54 Å². The maximum atomic E-state index is 10.7. The van der Waals surface area contributed by atoms with Crippen LogP contribution in [0.25, 0.3) is 0 Å². The molecule has 0 rings (SSSR count). The van der Waals surface area contributed by atoms with E-state index in [0.717, 1.165) is 0 Å². The van der Waals surface area contributed by atoms with Crippen LogP contribution in [0, 0.1) is 0 Å². The van der Waals surface area contributed by atoms with Gasteiger partial charge in [0, 0.05) is 40.7 Å². The van der Waals surface area contributed by atoms with Gasteiger partial charge in [0.25, 0.3) is 5.91 Å². The molecule has 0 saturated heterocycles. The van der Waals surface area contributed by atoms with E-state index in [0.29, 0.717) is 6.54 Å². The summed E-state index contributed by atoms with van der Waals surface area (Å²) in [6.07, 6.45) is 0. The van der Waals surface area contributed by atoms with Crippen molar-refractivity contribution in [1.29, 1.82) is 0 Å². The summed E-state index contributed by atoms with van der Waals surface area (Å²) >= 11 is 0. The van der Waals surface area contributed by atoms with Gasteiger partial charge in [-0.15, -0.1) is 0 Å². The molecule has 0 aromatic carbocycles. The van der Waals surface area contributed by atoms with E-state index in [2.05, 4.69) is 5.32 Å². The Kier molecular flexibility index (Phi) is 14.7. The second-order valence-electron chi connectivity index (χ2n) is 2.42. The summed E-state index contributed by atoms with van der Waals surface area (Å²) < 4.78 is 0. The zero-order chi connectivity index (χ0) is 9.49. The van der Waals surface area contributed by atoms with Gasteiger partial charge in [-0.3, -0.25) is 4.79 Å². The minimum atomic E-state index is -1.24. The van der Waals surface area contributed by atoms with Crippen LogP contribution < -0.4 is 5.32 Å². The molecule has 0 aromatic heterocycles. The first-order valence-corrected chi connectivity index (χ1v) is 3.99. The van der Waals surface area contributed by atoms with Crippen LogP contribution in [0.15, 0.2) is 0 Å². The van der Waals surface area contributed by atoms with Gasteiger partial charge in [0.15, 0.2) is 0 Å². The van der Waals surface area contributed by atoms with Crippen molar-refractivity contribution in [3.8, 4) is 0 Å². The van der Waals surface area contributed by atoms with E-state index in [9.17, 15) is 4.79 Å². The second kappa shape index (κ2) is 9.62. The van der Waals surface area contributed by atoms with E-state index in [-0.39, 0.29) is 40.0 Å². The molecule has 1 radical (unpaired) electrons. The Morgan fingerprint density at radius 3 is 1.92 bits per heavy atom. The standard InChI is InChI=1S/C6H13NO2.C2H6.Y.H2/c1-4-7-5(8)6(2,3)9;1-2;;/h9H,4H2,1-3H3,(H,7,8);1-2H3;;1H. The Morgan fingerprint density at radius 1 is 1.50 bits per heavy atom.